The number of hydrogen-bond donors (Lipinski definition) is 1. The van der Waals surface area contributed by atoms with Gasteiger partial charge in [0.05, 0.1) is 19.7 Å². The van der Waals surface area contributed by atoms with Crippen LogP contribution in [0.3, 0.4) is 0 Å². The van der Waals surface area contributed by atoms with Gasteiger partial charge in [-0.15, -0.1) is 0 Å². The van der Waals surface area contributed by atoms with E-state index in [-0.39, 0.29) is 5.43 Å². The predicted octanol–water partition coefficient (Wildman–Crippen LogP) is 2.91. The molecule has 0 saturated carbocycles. The highest BCUT2D eigenvalue weighted by atomic mass is 16.5. The number of ether oxygens (including phenoxy) is 2. The number of benzene rings is 2. The minimum Gasteiger partial charge on any atom is -0.496 e. The summed E-state index contributed by atoms with van der Waals surface area (Å²) in [6.07, 6.45) is 0. The maximum atomic E-state index is 12.6. The Bertz CT molecular complexity index is 1210. The third-order valence-corrected chi connectivity index (χ3v) is 3.93. The van der Waals surface area contributed by atoms with Gasteiger partial charge in [-0.3, -0.25) is 9.78 Å². The summed E-state index contributed by atoms with van der Waals surface area (Å²) in [7, 11) is 3.00. The molecule has 25 heavy (non-hydrogen) atoms. The summed E-state index contributed by atoms with van der Waals surface area (Å²) in [5.41, 5.74) is 1.69. The van der Waals surface area contributed by atoms with Crippen molar-refractivity contribution in [2.75, 3.05) is 14.2 Å². The van der Waals surface area contributed by atoms with E-state index in [9.17, 15) is 9.59 Å². The van der Waals surface area contributed by atoms with Gasteiger partial charge in [-0.2, -0.15) is 0 Å². The number of hydrogen-bond acceptors (Lipinski definition) is 6. The molecule has 4 aromatic rings. The van der Waals surface area contributed by atoms with Crippen molar-refractivity contribution in [2.45, 2.75) is 0 Å². The Morgan fingerprint density at radius 1 is 0.920 bits per heavy atom. The smallest absolute Gasteiger partial charge is 0.417 e. The Kier molecular flexibility index (Phi) is 3.35. The van der Waals surface area contributed by atoms with E-state index in [2.05, 4.69) is 4.98 Å². The molecule has 2 heterocycles. The fourth-order valence-electron chi connectivity index (χ4n) is 2.75. The van der Waals surface area contributed by atoms with Gasteiger partial charge < -0.3 is 18.3 Å². The predicted molar refractivity (Wildman–Crippen MR) is 91.4 cm³/mol. The average Bonchev–Trinajstić information content (AvgIpc) is 2.99. The Morgan fingerprint density at radius 2 is 1.76 bits per heavy atom. The van der Waals surface area contributed by atoms with Crippen molar-refractivity contribution in [3.8, 4) is 22.8 Å². The van der Waals surface area contributed by atoms with Crippen molar-refractivity contribution in [3.05, 3.63) is 57.2 Å². The normalized spacial score (nSPS) is 11.1. The molecular weight excluding hydrogens is 326 g/mol. The number of fused-ring (bicyclic) bond motifs is 2. The van der Waals surface area contributed by atoms with E-state index in [1.165, 1.54) is 20.3 Å². The van der Waals surface area contributed by atoms with E-state index in [1.807, 2.05) is 0 Å². The Morgan fingerprint density at radius 3 is 2.52 bits per heavy atom. The molecule has 2 aromatic heterocycles. The van der Waals surface area contributed by atoms with Crippen LogP contribution < -0.4 is 20.7 Å². The molecule has 0 spiro atoms. The lowest BCUT2D eigenvalue weighted by atomic mass is 10.1. The van der Waals surface area contributed by atoms with Crippen molar-refractivity contribution < 1.29 is 18.3 Å². The van der Waals surface area contributed by atoms with Crippen molar-refractivity contribution in [3.63, 3.8) is 0 Å². The summed E-state index contributed by atoms with van der Waals surface area (Å²) in [6, 6.07) is 9.67. The zero-order valence-corrected chi connectivity index (χ0v) is 13.4. The highest BCUT2D eigenvalue weighted by molar-refractivity contribution is 5.87. The van der Waals surface area contributed by atoms with Crippen LogP contribution in [0.5, 0.6) is 11.5 Å². The molecule has 0 fully saturated rings. The van der Waals surface area contributed by atoms with Crippen LogP contribution in [0, 0.1) is 0 Å². The largest absolute Gasteiger partial charge is 0.496 e. The number of H-pyrrole nitrogens is 1. The molecule has 0 atom stereocenters. The summed E-state index contributed by atoms with van der Waals surface area (Å²) in [5, 5.41) is 0.338. The summed E-state index contributed by atoms with van der Waals surface area (Å²) in [4.78, 5) is 26.4. The topological polar surface area (TPSA) is 94.7 Å². The molecule has 0 aliphatic rings. The van der Waals surface area contributed by atoms with E-state index in [4.69, 9.17) is 18.3 Å². The van der Waals surface area contributed by atoms with Crippen LogP contribution >= 0.6 is 0 Å². The van der Waals surface area contributed by atoms with Gasteiger partial charge >= 0.3 is 5.76 Å². The van der Waals surface area contributed by atoms with Crippen LogP contribution in [0.25, 0.3) is 33.4 Å². The molecule has 1 N–H and O–H groups in total. The second-order valence-electron chi connectivity index (χ2n) is 5.40. The molecule has 7 nitrogen and oxygen atoms in total. The summed E-state index contributed by atoms with van der Waals surface area (Å²) in [6.45, 7) is 0. The van der Waals surface area contributed by atoms with E-state index < -0.39 is 5.76 Å². The molecule has 0 radical (unpaired) electrons. The molecule has 0 aliphatic carbocycles. The molecule has 4 rings (SSSR count). The van der Waals surface area contributed by atoms with Gasteiger partial charge in [-0.05, 0) is 18.2 Å². The molecule has 0 bridgehead atoms. The van der Waals surface area contributed by atoms with Gasteiger partial charge in [0, 0.05) is 23.8 Å². The van der Waals surface area contributed by atoms with Gasteiger partial charge in [0.2, 0.25) is 0 Å². The minimum atomic E-state index is -0.540. The SMILES string of the molecule is COc1cc(OC)c2c(=O)cc(-c3ccc4oc(=O)[nH]c4c3)oc2c1. The average molecular weight is 339 g/mol. The van der Waals surface area contributed by atoms with Crippen molar-refractivity contribution in [1.82, 2.24) is 4.98 Å². The van der Waals surface area contributed by atoms with Crippen LogP contribution in [-0.2, 0) is 0 Å². The standard InChI is InChI=1S/C18H13NO6/c1-22-10-6-15(23-2)17-12(20)8-14(24-16(17)7-10)9-3-4-13-11(5-9)19-18(21)25-13/h3-8H,1-2H3,(H,19,21). The second kappa shape index (κ2) is 5.55. The van der Waals surface area contributed by atoms with Crippen LogP contribution in [-0.4, -0.2) is 19.2 Å². The van der Waals surface area contributed by atoms with Gasteiger partial charge in [-0.25, -0.2) is 4.79 Å². The van der Waals surface area contributed by atoms with E-state index >= 15 is 0 Å². The Balaban J connectivity index is 1.97. The zero-order chi connectivity index (χ0) is 17.6. The maximum absolute atomic E-state index is 12.6. The van der Waals surface area contributed by atoms with Gasteiger partial charge in [0.15, 0.2) is 11.0 Å². The highest BCUT2D eigenvalue weighted by Gasteiger charge is 2.14. The third-order valence-electron chi connectivity index (χ3n) is 3.93. The molecule has 7 heteroatoms. The zero-order valence-electron chi connectivity index (χ0n) is 13.4. The number of rotatable bonds is 3. The minimum absolute atomic E-state index is 0.239. The maximum Gasteiger partial charge on any atom is 0.417 e. The lowest BCUT2D eigenvalue weighted by molar-refractivity contribution is 0.396. The van der Waals surface area contributed by atoms with Gasteiger partial charge in [0.1, 0.15) is 28.2 Å². The monoisotopic (exact) mass is 339 g/mol. The first-order valence-electron chi connectivity index (χ1n) is 7.42. The summed E-state index contributed by atoms with van der Waals surface area (Å²) < 4.78 is 21.3. The quantitative estimate of drug-likeness (QED) is 0.617. The van der Waals surface area contributed by atoms with Crippen molar-refractivity contribution >= 4 is 22.1 Å². The molecule has 0 aliphatic heterocycles. The lowest BCUT2D eigenvalue weighted by Crippen LogP contribution is -2.03. The Labute approximate surface area is 140 Å². The van der Waals surface area contributed by atoms with E-state index in [0.717, 1.165) is 0 Å². The van der Waals surface area contributed by atoms with Crippen LogP contribution in [0.4, 0.5) is 0 Å². The molecular formula is C18H13NO6. The number of oxazole rings is 1. The fraction of sp³-hybridized carbons (Fsp3) is 0.111. The van der Waals surface area contributed by atoms with Gasteiger partial charge in [0.25, 0.3) is 0 Å². The second-order valence-corrected chi connectivity index (χ2v) is 5.40. The molecule has 0 saturated heterocycles. The van der Waals surface area contributed by atoms with Gasteiger partial charge in [-0.1, -0.05) is 0 Å². The van der Waals surface area contributed by atoms with E-state index in [1.54, 1.807) is 30.3 Å². The molecule has 0 unspecified atom stereocenters. The van der Waals surface area contributed by atoms with Crippen LogP contribution in [0.2, 0.25) is 0 Å². The van der Waals surface area contributed by atoms with Crippen molar-refractivity contribution in [1.29, 1.82) is 0 Å². The number of aromatic amines is 1. The Hall–Kier alpha value is -3.48. The number of aromatic nitrogens is 1. The van der Waals surface area contributed by atoms with Crippen molar-refractivity contribution in [2.24, 2.45) is 0 Å². The highest BCUT2D eigenvalue weighted by Crippen LogP contribution is 2.32. The first kappa shape index (κ1) is 15.1. The summed E-state index contributed by atoms with van der Waals surface area (Å²) >= 11 is 0. The fourth-order valence-corrected chi connectivity index (χ4v) is 2.75. The van der Waals surface area contributed by atoms with E-state index in [0.29, 0.717) is 44.9 Å². The number of methoxy groups -OCH3 is 2. The molecule has 2 aromatic carbocycles. The number of nitrogens with one attached hydrogen (secondary N) is 1. The molecule has 0 amide bonds. The van der Waals surface area contributed by atoms with Crippen LogP contribution in [0.15, 0.2) is 54.8 Å². The lowest BCUT2D eigenvalue weighted by Gasteiger charge is -2.09. The first-order valence-corrected chi connectivity index (χ1v) is 7.42. The summed E-state index contributed by atoms with van der Waals surface area (Å²) in [5.74, 6) is 0.710. The van der Waals surface area contributed by atoms with Crippen LogP contribution in [0.1, 0.15) is 0 Å². The first-order chi connectivity index (χ1) is 12.1. The molecule has 126 valence electrons. The third kappa shape index (κ3) is 2.46.